The number of nitrogens with one attached hydrogen (secondary N) is 1. The van der Waals surface area contributed by atoms with Crippen molar-refractivity contribution >= 4 is 22.9 Å². The minimum Gasteiger partial charge on any atom is -0.326 e. The highest BCUT2D eigenvalue weighted by Gasteiger charge is 2.27. The molecule has 1 N–H and O–H groups in total. The van der Waals surface area contributed by atoms with Crippen LogP contribution in [-0.2, 0) is 17.6 Å². The van der Waals surface area contributed by atoms with Crippen molar-refractivity contribution < 1.29 is 4.79 Å². The Morgan fingerprint density at radius 2 is 2.14 bits per heavy atom. The second-order valence-electron chi connectivity index (χ2n) is 5.26. The fraction of sp³-hybridized carbons (Fsp3) is 0.294. The Hall–Kier alpha value is -2.12. The van der Waals surface area contributed by atoms with Crippen molar-refractivity contribution in [3.8, 4) is 6.07 Å². The van der Waals surface area contributed by atoms with Crippen molar-refractivity contribution in [2.24, 2.45) is 0 Å². The van der Waals surface area contributed by atoms with E-state index < -0.39 is 0 Å². The van der Waals surface area contributed by atoms with Crippen LogP contribution in [0.4, 0.5) is 5.69 Å². The molecular formula is C17H16N2OS. The average molecular weight is 296 g/mol. The monoisotopic (exact) mass is 296 g/mol. The number of benzene rings is 1. The molecule has 1 atom stereocenters. The van der Waals surface area contributed by atoms with Crippen molar-refractivity contribution in [3.63, 3.8) is 0 Å². The van der Waals surface area contributed by atoms with Crippen LogP contribution in [0.25, 0.3) is 0 Å². The number of carbonyl (C=O) groups excluding carboxylic acids is 1. The number of hydrogen-bond donors (Lipinski definition) is 1. The molecule has 4 heteroatoms. The highest BCUT2D eigenvalue weighted by molar-refractivity contribution is 7.10. The maximum Gasteiger partial charge on any atom is 0.231 e. The van der Waals surface area contributed by atoms with Crippen molar-refractivity contribution in [1.29, 1.82) is 5.26 Å². The Morgan fingerprint density at radius 3 is 2.90 bits per heavy atom. The first-order chi connectivity index (χ1) is 10.3. The fourth-order valence-corrected chi connectivity index (χ4v) is 3.77. The molecule has 1 aliphatic carbocycles. The fourth-order valence-electron chi connectivity index (χ4n) is 2.79. The molecular weight excluding hydrogens is 280 g/mol. The van der Waals surface area contributed by atoms with Crippen LogP contribution in [0.15, 0.2) is 35.7 Å². The van der Waals surface area contributed by atoms with Gasteiger partial charge in [0.1, 0.15) is 0 Å². The molecule has 1 aliphatic rings. The van der Waals surface area contributed by atoms with E-state index >= 15 is 0 Å². The number of thiophene rings is 1. The molecule has 1 aromatic heterocycles. The van der Waals surface area contributed by atoms with Gasteiger partial charge >= 0.3 is 0 Å². The highest BCUT2D eigenvalue weighted by Crippen LogP contribution is 2.35. The van der Waals surface area contributed by atoms with Gasteiger partial charge in [-0.15, -0.1) is 11.3 Å². The molecule has 0 spiro atoms. The van der Waals surface area contributed by atoms with Crippen molar-refractivity contribution in [2.45, 2.75) is 31.6 Å². The van der Waals surface area contributed by atoms with E-state index in [9.17, 15) is 4.79 Å². The molecule has 0 radical (unpaired) electrons. The van der Waals surface area contributed by atoms with Crippen LogP contribution in [0.3, 0.4) is 0 Å². The quantitative estimate of drug-likeness (QED) is 0.934. The van der Waals surface area contributed by atoms with E-state index in [1.165, 1.54) is 10.4 Å². The molecule has 106 valence electrons. The van der Waals surface area contributed by atoms with E-state index in [1.807, 2.05) is 24.3 Å². The Labute approximate surface area is 128 Å². The summed E-state index contributed by atoms with van der Waals surface area (Å²) in [7, 11) is 0. The molecule has 3 nitrogen and oxygen atoms in total. The van der Waals surface area contributed by atoms with Crippen molar-refractivity contribution in [3.05, 3.63) is 51.7 Å². The molecule has 0 bridgehead atoms. The van der Waals surface area contributed by atoms with Crippen LogP contribution in [0.1, 0.15) is 34.8 Å². The first kappa shape index (κ1) is 13.8. The summed E-state index contributed by atoms with van der Waals surface area (Å²) in [6.45, 7) is 0. The Balaban J connectivity index is 1.71. The molecule has 1 aromatic carbocycles. The minimum absolute atomic E-state index is 0.0289. The second-order valence-corrected chi connectivity index (χ2v) is 6.27. The largest absolute Gasteiger partial charge is 0.326 e. The lowest BCUT2D eigenvalue weighted by Crippen LogP contribution is -2.23. The number of nitrogens with zero attached hydrogens (tertiary/aromatic N) is 1. The van der Waals surface area contributed by atoms with Gasteiger partial charge in [0.25, 0.3) is 0 Å². The van der Waals surface area contributed by atoms with Gasteiger partial charge in [0.15, 0.2) is 0 Å². The third kappa shape index (κ3) is 2.98. The van der Waals surface area contributed by atoms with Crippen molar-refractivity contribution in [2.75, 3.05) is 5.32 Å². The molecule has 0 saturated heterocycles. The van der Waals surface area contributed by atoms with Gasteiger partial charge in [-0.1, -0.05) is 12.1 Å². The summed E-state index contributed by atoms with van der Waals surface area (Å²) in [5.74, 6) is 0.0427. The molecule has 0 saturated carbocycles. The second kappa shape index (κ2) is 6.11. The van der Waals surface area contributed by atoms with Gasteiger partial charge in [0, 0.05) is 10.6 Å². The number of fused-ring (bicyclic) bond motifs is 1. The van der Waals surface area contributed by atoms with Crippen LogP contribution in [0.2, 0.25) is 0 Å². The number of nitriles is 1. The summed E-state index contributed by atoms with van der Waals surface area (Å²) in [5, 5.41) is 13.7. The Morgan fingerprint density at radius 1 is 1.33 bits per heavy atom. The number of carbonyl (C=O) groups is 1. The lowest BCUT2D eigenvalue weighted by atomic mass is 9.87. The van der Waals surface area contributed by atoms with Crippen LogP contribution in [0.5, 0.6) is 0 Å². The lowest BCUT2D eigenvalue weighted by Gasteiger charge is -2.21. The number of anilines is 1. The maximum atomic E-state index is 12.5. The van der Waals surface area contributed by atoms with Gasteiger partial charge in [-0.2, -0.15) is 5.26 Å². The minimum atomic E-state index is -0.0289. The third-order valence-electron chi connectivity index (χ3n) is 3.87. The van der Waals surface area contributed by atoms with Gasteiger partial charge in [0.05, 0.1) is 18.4 Å². The topological polar surface area (TPSA) is 52.9 Å². The molecule has 1 heterocycles. The van der Waals surface area contributed by atoms with Crippen molar-refractivity contribution in [1.82, 2.24) is 0 Å². The van der Waals surface area contributed by atoms with Crippen LogP contribution >= 0.6 is 11.3 Å². The van der Waals surface area contributed by atoms with E-state index in [-0.39, 0.29) is 11.8 Å². The van der Waals surface area contributed by atoms with Crippen LogP contribution in [-0.4, -0.2) is 5.91 Å². The van der Waals surface area contributed by atoms with Crippen LogP contribution in [0, 0.1) is 11.3 Å². The van der Waals surface area contributed by atoms with E-state index in [0.29, 0.717) is 6.42 Å². The van der Waals surface area contributed by atoms with Crippen LogP contribution < -0.4 is 5.32 Å². The number of rotatable bonds is 3. The summed E-state index contributed by atoms with van der Waals surface area (Å²) in [4.78, 5) is 13.8. The predicted molar refractivity (Wildman–Crippen MR) is 84.4 cm³/mol. The smallest absolute Gasteiger partial charge is 0.231 e. The lowest BCUT2D eigenvalue weighted by molar-refractivity contribution is -0.117. The standard InChI is InChI=1S/C17H16N2OS/c18-10-8-12-4-6-13(7-5-12)19-17(20)15-2-1-3-16-14(15)9-11-21-16/h4-7,9,11,15H,1-3,8H2,(H,19,20). The summed E-state index contributed by atoms with van der Waals surface area (Å²) in [5.41, 5.74) is 2.96. The zero-order chi connectivity index (χ0) is 14.7. The summed E-state index contributed by atoms with van der Waals surface area (Å²) in [6, 6.07) is 11.7. The van der Waals surface area contributed by atoms with Gasteiger partial charge in [0.2, 0.25) is 5.91 Å². The molecule has 1 unspecified atom stereocenters. The SMILES string of the molecule is N#CCc1ccc(NC(=O)C2CCCc3sccc32)cc1. The maximum absolute atomic E-state index is 12.5. The van der Waals surface area contributed by atoms with E-state index in [2.05, 4.69) is 22.8 Å². The van der Waals surface area contributed by atoms with Gasteiger partial charge in [-0.05, 0) is 54.0 Å². The molecule has 2 aromatic rings. The summed E-state index contributed by atoms with van der Waals surface area (Å²) in [6.07, 6.45) is 3.49. The molecule has 0 aliphatic heterocycles. The normalized spacial score (nSPS) is 16.8. The first-order valence-electron chi connectivity index (χ1n) is 7.11. The molecule has 1 amide bonds. The molecule has 0 fully saturated rings. The predicted octanol–water partition coefficient (Wildman–Crippen LogP) is 3.87. The Kier molecular flexibility index (Phi) is 4.03. The van der Waals surface area contributed by atoms with Gasteiger partial charge in [-0.25, -0.2) is 0 Å². The van der Waals surface area contributed by atoms with E-state index in [4.69, 9.17) is 5.26 Å². The number of amides is 1. The number of aryl methyl sites for hydroxylation is 1. The zero-order valence-electron chi connectivity index (χ0n) is 11.6. The summed E-state index contributed by atoms with van der Waals surface area (Å²) >= 11 is 1.75. The van der Waals surface area contributed by atoms with Gasteiger partial charge < -0.3 is 5.32 Å². The molecule has 21 heavy (non-hydrogen) atoms. The van der Waals surface area contributed by atoms with E-state index in [1.54, 1.807) is 11.3 Å². The van der Waals surface area contributed by atoms with Gasteiger partial charge in [-0.3, -0.25) is 4.79 Å². The Bertz CT molecular complexity index is 682. The third-order valence-corrected chi connectivity index (χ3v) is 4.87. The first-order valence-corrected chi connectivity index (χ1v) is 7.99. The number of hydrogen-bond acceptors (Lipinski definition) is 3. The van der Waals surface area contributed by atoms with E-state index in [0.717, 1.165) is 30.5 Å². The average Bonchev–Trinajstić information content (AvgIpc) is 2.98. The molecule has 3 rings (SSSR count). The zero-order valence-corrected chi connectivity index (χ0v) is 12.5. The summed E-state index contributed by atoms with van der Waals surface area (Å²) < 4.78 is 0. The highest BCUT2D eigenvalue weighted by atomic mass is 32.1.